The minimum atomic E-state index is 0.0321. The van der Waals surface area contributed by atoms with Crippen LogP contribution in [0.15, 0.2) is 54.3 Å². The number of carbonyl (C=O) groups is 1. The van der Waals surface area contributed by atoms with Crippen molar-refractivity contribution in [3.8, 4) is 5.75 Å². The molecule has 0 aromatic heterocycles. The van der Waals surface area contributed by atoms with Crippen molar-refractivity contribution in [2.45, 2.75) is 33.3 Å². The van der Waals surface area contributed by atoms with Crippen molar-refractivity contribution in [2.75, 3.05) is 6.61 Å². The highest BCUT2D eigenvalue weighted by Gasteiger charge is 2.24. The fourth-order valence-electron chi connectivity index (χ4n) is 3.28. The molecule has 128 valence electrons. The van der Waals surface area contributed by atoms with Gasteiger partial charge in [-0.05, 0) is 30.2 Å². The lowest BCUT2D eigenvalue weighted by molar-refractivity contribution is 0.0930. The van der Waals surface area contributed by atoms with E-state index in [9.17, 15) is 4.79 Å². The molecule has 4 rings (SSSR count). The zero-order valence-electron chi connectivity index (χ0n) is 14.7. The van der Waals surface area contributed by atoms with Crippen LogP contribution in [0.2, 0.25) is 0 Å². The molecule has 0 bridgehead atoms. The van der Waals surface area contributed by atoms with Gasteiger partial charge in [0.05, 0.1) is 17.9 Å². The number of benzene rings is 2. The van der Waals surface area contributed by atoms with E-state index in [-0.39, 0.29) is 11.2 Å². The second-order valence-electron chi connectivity index (χ2n) is 7.61. The molecule has 0 fully saturated rings. The number of carbonyl (C=O) groups excluding carboxylic acids is 1. The van der Waals surface area contributed by atoms with E-state index in [0.717, 1.165) is 35.5 Å². The first-order valence-electron chi connectivity index (χ1n) is 8.72. The van der Waals surface area contributed by atoms with E-state index in [4.69, 9.17) is 9.47 Å². The largest absolute Gasteiger partial charge is 0.497 e. The zero-order chi connectivity index (χ0) is 17.4. The number of allylic oxidation sites excluding steroid dienone is 2. The lowest BCUT2D eigenvalue weighted by Crippen LogP contribution is -2.22. The molecule has 2 aromatic carbocycles. The van der Waals surface area contributed by atoms with Gasteiger partial charge in [0.2, 0.25) is 0 Å². The third-order valence-corrected chi connectivity index (χ3v) is 4.84. The van der Waals surface area contributed by atoms with E-state index in [0.29, 0.717) is 24.3 Å². The van der Waals surface area contributed by atoms with Crippen LogP contribution < -0.4 is 4.74 Å². The van der Waals surface area contributed by atoms with Crippen molar-refractivity contribution in [1.82, 2.24) is 0 Å². The van der Waals surface area contributed by atoms with E-state index in [1.54, 1.807) is 0 Å². The molecule has 0 aliphatic carbocycles. The summed E-state index contributed by atoms with van der Waals surface area (Å²) in [5.74, 6) is 1.68. The van der Waals surface area contributed by atoms with Crippen LogP contribution >= 0.6 is 0 Å². The third-order valence-electron chi connectivity index (χ3n) is 4.84. The molecule has 2 aliphatic rings. The molecule has 0 N–H and O–H groups in total. The van der Waals surface area contributed by atoms with Crippen molar-refractivity contribution >= 4 is 5.78 Å². The Kier molecular flexibility index (Phi) is 3.87. The lowest BCUT2D eigenvalue weighted by atomic mass is 9.88. The van der Waals surface area contributed by atoms with Gasteiger partial charge in [-0.25, -0.2) is 0 Å². The highest BCUT2D eigenvalue weighted by Crippen LogP contribution is 2.32. The molecule has 0 saturated heterocycles. The molecular weight excluding hydrogens is 312 g/mol. The van der Waals surface area contributed by atoms with E-state index in [1.807, 2.05) is 42.5 Å². The third kappa shape index (κ3) is 3.19. The number of hydrogen-bond donors (Lipinski definition) is 0. The summed E-state index contributed by atoms with van der Waals surface area (Å²) in [6.45, 7) is 5.57. The van der Waals surface area contributed by atoms with E-state index >= 15 is 0 Å². The van der Waals surface area contributed by atoms with Gasteiger partial charge < -0.3 is 9.47 Å². The number of hydrogen-bond acceptors (Lipinski definition) is 3. The van der Waals surface area contributed by atoms with Crippen molar-refractivity contribution in [2.24, 2.45) is 5.41 Å². The molecule has 3 heteroatoms. The predicted octanol–water partition coefficient (Wildman–Crippen LogP) is 4.68. The number of ketones is 1. The van der Waals surface area contributed by atoms with Gasteiger partial charge in [0.25, 0.3) is 0 Å². The molecule has 3 nitrogen and oxygen atoms in total. The monoisotopic (exact) mass is 334 g/mol. The van der Waals surface area contributed by atoms with E-state index in [2.05, 4.69) is 19.9 Å². The second-order valence-corrected chi connectivity index (χ2v) is 7.61. The molecule has 0 atom stereocenters. The smallest absolute Gasteiger partial charge is 0.197 e. The molecule has 0 unspecified atom stereocenters. The summed E-state index contributed by atoms with van der Waals surface area (Å²) in [4.78, 5) is 12.9. The molecule has 0 radical (unpaired) electrons. The van der Waals surface area contributed by atoms with Crippen LogP contribution in [0, 0.1) is 5.41 Å². The minimum absolute atomic E-state index is 0.0321. The summed E-state index contributed by atoms with van der Waals surface area (Å²) in [6.07, 6.45) is 3.89. The maximum atomic E-state index is 12.9. The van der Waals surface area contributed by atoms with Crippen LogP contribution in [0.3, 0.4) is 0 Å². The van der Waals surface area contributed by atoms with Gasteiger partial charge in [0, 0.05) is 23.0 Å². The molecule has 25 heavy (non-hydrogen) atoms. The quantitative estimate of drug-likeness (QED) is 0.800. The molecule has 2 heterocycles. The van der Waals surface area contributed by atoms with Gasteiger partial charge in [-0.3, -0.25) is 4.79 Å². The first-order valence-corrected chi connectivity index (χ1v) is 8.72. The van der Waals surface area contributed by atoms with Crippen molar-refractivity contribution in [3.05, 3.63) is 76.6 Å². The number of ether oxygens (including phenoxy) is 2. The Hall–Kier alpha value is -2.55. The Morgan fingerprint density at radius 2 is 1.88 bits per heavy atom. The summed E-state index contributed by atoms with van der Waals surface area (Å²) >= 11 is 0. The van der Waals surface area contributed by atoms with E-state index in [1.165, 1.54) is 0 Å². The van der Waals surface area contributed by atoms with Crippen LogP contribution in [0.4, 0.5) is 0 Å². The molecule has 0 amide bonds. The van der Waals surface area contributed by atoms with Crippen LogP contribution in [-0.4, -0.2) is 12.4 Å². The fraction of sp³-hybridized carbons (Fsp3) is 0.318. The highest BCUT2D eigenvalue weighted by atomic mass is 16.5. The highest BCUT2D eigenvalue weighted by molar-refractivity contribution is 6.12. The second kappa shape index (κ2) is 6.07. The Balaban J connectivity index is 1.63. The van der Waals surface area contributed by atoms with Crippen molar-refractivity contribution in [1.29, 1.82) is 0 Å². The van der Waals surface area contributed by atoms with Crippen LogP contribution in [-0.2, 0) is 17.8 Å². The first-order chi connectivity index (χ1) is 12.0. The molecule has 2 aliphatic heterocycles. The maximum absolute atomic E-state index is 12.9. The summed E-state index contributed by atoms with van der Waals surface area (Å²) in [6, 6.07) is 13.5. The summed E-state index contributed by atoms with van der Waals surface area (Å²) in [5.41, 5.74) is 3.57. The zero-order valence-corrected chi connectivity index (χ0v) is 14.7. The van der Waals surface area contributed by atoms with Gasteiger partial charge in [-0.15, -0.1) is 0 Å². The van der Waals surface area contributed by atoms with Gasteiger partial charge in [0.15, 0.2) is 5.78 Å². The van der Waals surface area contributed by atoms with Crippen molar-refractivity contribution < 1.29 is 14.3 Å². The number of fused-ring (bicyclic) bond motifs is 2. The average molecular weight is 334 g/mol. The fourth-order valence-corrected chi connectivity index (χ4v) is 3.28. The van der Waals surface area contributed by atoms with Gasteiger partial charge in [0.1, 0.15) is 12.4 Å². The van der Waals surface area contributed by atoms with E-state index < -0.39 is 0 Å². The van der Waals surface area contributed by atoms with Gasteiger partial charge in [-0.1, -0.05) is 44.2 Å². The van der Waals surface area contributed by atoms with Crippen LogP contribution in [0.25, 0.3) is 0 Å². The summed E-state index contributed by atoms with van der Waals surface area (Å²) in [5, 5.41) is 0. The lowest BCUT2D eigenvalue weighted by Gasteiger charge is -2.29. The normalized spacial score (nSPS) is 18.2. The standard InChI is InChI=1S/C22H22O3/c1-22(2)10-9-17(25-14-22)11-15-7-8-20-19(12-15)21(23)18-6-4-3-5-16(18)13-24-20/h3-9,12H,10-11,13-14H2,1-2H3. The molecule has 0 spiro atoms. The Morgan fingerprint density at radius 1 is 1.04 bits per heavy atom. The Bertz CT molecular complexity index is 861. The topological polar surface area (TPSA) is 35.5 Å². The van der Waals surface area contributed by atoms with Gasteiger partial charge >= 0.3 is 0 Å². The van der Waals surface area contributed by atoms with Gasteiger partial charge in [-0.2, -0.15) is 0 Å². The summed E-state index contributed by atoms with van der Waals surface area (Å²) in [7, 11) is 0. The van der Waals surface area contributed by atoms with Crippen LogP contribution in [0.5, 0.6) is 5.75 Å². The maximum Gasteiger partial charge on any atom is 0.197 e. The molecule has 2 aromatic rings. The Labute approximate surface area is 148 Å². The predicted molar refractivity (Wildman–Crippen MR) is 96.8 cm³/mol. The first kappa shape index (κ1) is 15.9. The minimum Gasteiger partial charge on any atom is -0.497 e. The van der Waals surface area contributed by atoms with Crippen LogP contribution in [0.1, 0.15) is 47.3 Å². The Morgan fingerprint density at radius 3 is 2.68 bits per heavy atom. The van der Waals surface area contributed by atoms with Crippen molar-refractivity contribution in [3.63, 3.8) is 0 Å². The SMILES string of the molecule is CC1(C)CC=C(Cc2ccc3c(c2)C(=O)c2ccccc2CO3)OC1. The molecule has 0 saturated carbocycles. The molecular formula is C22H22O3. The summed E-state index contributed by atoms with van der Waals surface area (Å²) < 4.78 is 11.7. The number of rotatable bonds is 2. The average Bonchev–Trinajstić information content (AvgIpc) is 2.75.